The average Bonchev–Trinajstić information content (AvgIpc) is 1.98. The molecule has 0 saturated heterocycles. The van der Waals surface area contributed by atoms with Crippen LogP contribution in [0.4, 0.5) is 0 Å². The molecule has 3 heteroatoms. The maximum atomic E-state index is 11.9. The fourth-order valence-electron chi connectivity index (χ4n) is 4.49. The third-order valence-electron chi connectivity index (χ3n) is 4.77. The Balaban J connectivity index is 2.03. The van der Waals surface area contributed by atoms with Crippen molar-refractivity contribution in [3.63, 3.8) is 0 Å². The molecule has 4 bridgehead atoms. The molecule has 0 aromatic heterocycles. The highest BCUT2D eigenvalue weighted by molar-refractivity contribution is 7.92. The number of rotatable bonds is 1. The van der Waals surface area contributed by atoms with E-state index in [1.54, 1.807) is 0 Å². The van der Waals surface area contributed by atoms with Gasteiger partial charge < -0.3 is 0 Å². The van der Waals surface area contributed by atoms with Gasteiger partial charge in [-0.15, -0.1) is 0 Å². The van der Waals surface area contributed by atoms with Crippen LogP contribution in [0.25, 0.3) is 0 Å². The van der Waals surface area contributed by atoms with Crippen molar-refractivity contribution in [3.8, 4) is 0 Å². The zero-order valence-corrected chi connectivity index (χ0v) is 9.52. The summed E-state index contributed by atoms with van der Waals surface area (Å²) in [5.41, 5.74) is 0. The Labute approximate surface area is 86.0 Å². The van der Waals surface area contributed by atoms with Gasteiger partial charge in [0.2, 0.25) is 0 Å². The Morgan fingerprint density at radius 2 is 1.29 bits per heavy atom. The molecule has 4 rings (SSSR count). The normalized spacial score (nSPS) is 51.1. The molecule has 0 aromatic rings. The van der Waals surface area contributed by atoms with Crippen LogP contribution in [-0.4, -0.2) is 19.4 Å². The van der Waals surface area contributed by atoms with E-state index in [2.05, 4.69) is 0 Å². The van der Waals surface area contributed by atoms with Gasteiger partial charge in [0.05, 0.1) is 4.75 Å². The molecule has 14 heavy (non-hydrogen) atoms. The predicted molar refractivity (Wildman–Crippen MR) is 55.7 cm³/mol. The molecule has 0 aliphatic heterocycles. The second kappa shape index (κ2) is 2.55. The third kappa shape index (κ3) is 1.11. The standard InChI is InChI=1S/C11H18O2S/c1-14(12,13)11-5-8-2-9(6-11)4-10(3-8)7-11/h8-10H,2-7H2,1H3. The summed E-state index contributed by atoms with van der Waals surface area (Å²) in [6.45, 7) is 0. The Morgan fingerprint density at radius 1 is 0.929 bits per heavy atom. The van der Waals surface area contributed by atoms with Crippen molar-refractivity contribution in [1.29, 1.82) is 0 Å². The quantitative estimate of drug-likeness (QED) is 0.669. The first kappa shape index (κ1) is 9.20. The van der Waals surface area contributed by atoms with Gasteiger partial charge in [0.15, 0.2) is 9.84 Å². The van der Waals surface area contributed by atoms with Crippen LogP contribution in [0.2, 0.25) is 0 Å². The Morgan fingerprint density at radius 3 is 1.57 bits per heavy atom. The van der Waals surface area contributed by atoms with Crippen LogP contribution in [0.15, 0.2) is 0 Å². The van der Waals surface area contributed by atoms with E-state index in [-0.39, 0.29) is 4.75 Å². The minimum Gasteiger partial charge on any atom is -0.229 e. The molecule has 4 saturated carbocycles. The van der Waals surface area contributed by atoms with Gasteiger partial charge >= 0.3 is 0 Å². The first-order valence-electron chi connectivity index (χ1n) is 5.68. The van der Waals surface area contributed by atoms with Crippen LogP contribution in [0, 0.1) is 17.8 Å². The van der Waals surface area contributed by atoms with E-state index >= 15 is 0 Å². The van der Waals surface area contributed by atoms with Crippen molar-refractivity contribution in [3.05, 3.63) is 0 Å². The third-order valence-corrected chi connectivity index (χ3v) is 6.84. The highest BCUT2D eigenvalue weighted by atomic mass is 32.2. The lowest BCUT2D eigenvalue weighted by molar-refractivity contribution is 0.0342. The highest BCUT2D eigenvalue weighted by Crippen LogP contribution is 2.58. The second-order valence-electron chi connectivity index (χ2n) is 5.87. The van der Waals surface area contributed by atoms with E-state index in [1.165, 1.54) is 25.5 Å². The minimum atomic E-state index is -2.82. The number of hydrogen-bond donors (Lipinski definition) is 0. The summed E-state index contributed by atoms with van der Waals surface area (Å²) in [4.78, 5) is 0. The summed E-state index contributed by atoms with van der Waals surface area (Å²) in [5, 5.41) is 0. The van der Waals surface area contributed by atoms with Crippen molar-refractivity contribution in [2.45, 2.75) is 43.3 Å². The number of hydrogen-bond acceptors (Lipinski definition) is 2. The van der Waals surface area contributed by atoms with Crippen LogP contribution in [0.1, 0.15) is 38.5 Å². The Bertz CT molecular complexity index is 320. The van der Waals surface area contributed by atoms with E-state index in [1.807, 2.05) is 0 Å². The van der Waals surface area contributed by atoms with E-state index < -0.39 is 9.84 Å². The van der Waals surface area contributed by atoms with Crippen LogP contribution in [0.5, 0.6) is 0 Å². The van der Waals surface area contributed by atoms with Gasteiger partial charge in [-0.05, 0) is 56.3 Å². The first-order valence-corrected chi connectivity index (χ1v) is 7.57. The van der Waals surface area contributed by atoms with E-state index in [4.69, 9.17) is 0 Å². The fraction of sp³-hybridized carbons (Fsp3) is 1.00. The van der Waals surface area contributed by atoms with Crippen LogP contribution in [0.3, 0.4) is 0 Å². The lowest BCUT2D eigenvalue weighted by Gasteiger charge is -2.55. The monoisotopic (exact) mass is 214 g/mol. The van der Waals surface area contributed by atoms with Crippen molar-refractivity contribution >= 4 is 9.84 Å². The first-order chi connectivity index (χ1) is 6.48. The Hall–Kier alpha value is -0.0500. The lowest BCUT2D eigenvalue weighted by Crippen LogP contribution is -2.54. The van der Waals surface area contributed by atoms with Gasteiger partial charge in [-0.25, -0.2) is 8.42 Å². The molecule has 0 radical (unpaired) electrons. The number of sulfone groups is 1. The summed E-state index contributed by atoms with van der Waals surface area (Å²) in [7, 11) is -2.82. The molecule has 4 aliphatic rings. The molecule has 0 unspecified atom stereocenters. The SMILES string of the molecule is CS(=O)(=O)C12CC3CC(CC(C3)C1)C2. The van der Waals surface area contributed by atoms with Crippen molar-refractivity contribution < 1.29 is 8.42 Å². The predicted octanol–water partition coefficient (Wildman–Crippen LogP) is 2.00. The maximum Gasteiger partial charge on any atom is 0.153 e. The van der Waals surface area contributed by atoms with Gasteiger partial charge in [-0.3, -0.25) is 0 Å². The van der Waals surface area contributed by atoms with Crippen LogP contribution < -0.4 is 0 Å². The highest BCUT2D eigenvalue weighted by Gasteiger charge is 2.55. The molecule has 4 aliphatic carbocycles. The maximum absolute atomic E-state index is 11.9. The average molecular weight is 214 g/mol. The molecule has 0 amide bonds. The minimum absolute atomic E-state index is 0.290. The molecule has 0 aromatic carbocycles. The second-order valence-corrected chi connectivity index (χ2v) is 8.28. The lowest BCUT2D eigenvalue weighted by atomic mass is 9.56. The van der Waals surface area contributed by atoms with Gasteiger partial charge in [0, 0.05) is 6.26 Å². The topological polar surface area (TPSA) is 34.1 Å². The summed E-state index contributed by atoms with van der Waals surface area (Å²) in [6.07, 6.45) is 8.31. The molecule has 0 atom stereocenters. The summed E-state index contributed by atoms with van der Waals surface area (Å²) >= 11 is 0. The van der Waals surface area contributed by atoms with Gasteiger partial charge in [0.1, 0.15) is 0 Å². The van der Waals surface area contributed by atoms with Crippen molar-refractivity contribution in [2.75, 3.05) is 6.26 Å². The zero-order valence-electron chi connectivity index (χ0n) is 8.70. The Kier molecular flexibility index (Phi) is 1.67. The van der Waals surface area contributed by atoms with Gasteiger partial charge in [-0.1, -0.05) is 0 Å². The van der Waals surface area contributed by atoms with Crippen LogP contribution >= 0.6 is 0 Å². The molecular formula is C11H18O2S. The van der Waals surface area contributed by atoms with Gasteiger partial charge in [0.25, 0.3) is 0 Å². The van der Waals surface area contributed by atoms with Crippen LogP contribution in [-0.2, 0) is 9.84 Å². The van der Waals surface area contributed by atoms with Crippen molar-refractivity contribution in [2.24, 2.45) is 17.8 Å². The molecule has 0 N–H and O–H groups in total. The van der Waals surface area contributed by atoms with E-state index in [0.29, 0.717) is 0 Å². The smallest absolute Gasteiger partial charge is 0.153 e. The summed E-state index contributed by atoms with van der Waals surface area (Å²) in [5.74, 6) is 2.20. The molecule has 0 spiro atoms. The van der Waals surface area contributed by atoms with E-state index in [9.17, 15) is 8.42 Å². The summed E-state index contributed by atoms with van der Waals surface area (Å²) in [6, 6.07) is 0. The molecule has 0 heterocycles. The van der Waals surface area contributed by atoms with E-state index in [0.717, 1.165) is 37.0 Å². The molecule has 2 nitrogen and oxygen atoms in total. The molecular weight excluding hydrogens is 196 g/mol. The largest absolute Gasteiger partial charge is 0.229 e. The van der Waals surface area contributed by atoms with Crippen molar-refractivity contribution in [1.82, 2.24) is 0 Å². The fourth-order valence-corrected chi connectivity index (χ4v) is 6.10. The summed E-state index contributed by atoms with van der Waals surface area (Å²) < 4.78 is 23.5. The molecule has 80 valence electrons. The zero-order chi connectivity index (χ0) is 9.97. The van der Waals surface area contributed by atoms with Gasteiger partial charge in [-0.2, -0.15) is 0 Å². The molecule has 4 fully saturated rings.